The molecule has 0 aliphatic heterocycles. The normalized spacial score (nSPS) is 10.7. The molecule has 31 heavy (non-hydrogen) atoms. The summed E-state index contributed by atoms with van der Waals surface area (Å²) >= 11 is 1.50. The second-order valence-electron chi connectivity index (χ2n) is 7.45. The van der Waals surface area contributed by atoms with Gasteiger partial charge in [0.2, 0.25) is 0 Å². The molecule has 3 rings (SSSR count). The first-order chi connectivity index (χ1) is 15.0. The maximum atomic E-state index is 13.3. The quantitative estimate of drug-likeness (QED) is 0.286. The van der Waals surface area contributed by atoms with E-state index in [-0.39, 0.29) is 5.82 Å². The Morgan fingerprint density at radius 3 is 2.39 bits per heavy atom. The highest BCUT2D eigenvalue weighted by Crippen LogP contribution is 2.33. The van der Waals surface area contributed by atoms with Crippen LogP contribution in [0.15, 0.2) is 77.7 Å². The molecule has 0 fully saturated rings. The fourth-order valence-electron chi connectivity index (χ4n) is 2.95. The molecule has 162 valence electrons. The van der Waals surface area contributed by atoms with Gasteiger partial charge in [0.1, 0.15) is 23.7 Å². The summed E-state index contributed by atoms with van der Waals surface area (Å²) in [5, 5.41) is 0. The number of anilines is 1. The van der Waals surface area contributed by atoms with E-state index in [1.54, 1.807) is 24.3 Å². The number of carbonyl (C=O) groups is 1. The summed E-state index contributed by atoms with van der Waals surface area (Å²) in [6, 6.07) is 21.6. The van der Waals surface area contributed by atoms with Crippen LogP contribution in [0.2, 0.25) is 0 Å². The van der Waals surface area contributed by atoms with E-state index < -0.39 is 5.97 Å². The third-order valence-electron chi connectivity index (χ3n) is 4.45. The van der Waals surface area contributed by atoms with E-state index in [1.165, 1.54) is 31.2 Å². The monoisotopic (exact) mass is 439 g/mol. The number of rotatable bonds is 9. The first-order valence-corrected chi connectivity index (χ1v) is 10.8. The van der Waals surface area contributed by atoms with Crippen molar-refractivity contribution in [1.29, 1.82) is 0 Å². The molecule has 0 spiro atoms. The van der Waals surface area contributed by atoms with E-state index in [2.05, 4.69) is 18.2 Å². The molecule has 6 heteroatoms. The lowest BCUT2D eigenvalue weighted by molar-refractivity contribution is 0.0595. The van der Waals surface area contributed by atoms with Crippen LogP contribution in [0.3, 0.4) is 0 Å². The Morgan fingerprint density at radius 2 is 1.74 bits per heavy atom. The molecule has 0 heterocycles. The van der Waals surface area contributed by atoms with Gasteiger partial charge in [-0.05, 0) is 65.9 Å². The predicted octanol–water partition coefficient (Wildman–Crippen LogP) is 6.36. The lowest BCUT2D eigenvalue weighted by Gasteiger charge is -2.26. The van der Waals surface area contributed by atoms with Crippen molar-refractivity contribution in [2.75, 3.05) is 18.0 Å². The minimum Gasteiger partial charge on any atom is -0.488 e. The fraction of sp³-hybridized carbons (Fsp3) is 0.240. The van der Waals surface area contributed by atoms with Gasteiger partial charge in [0.15, 0.2) is 0 Å². The molecule has 0 saturated heterocycles. The maximum absolute atomic E-state index is 13.3. The molecular formula is C25H26FNO3S. The Balaban J connectivity index is 1.88. The van der Waals surface area contributed by atoms with Crippen LogP contribution in [-0.2, 0) is 11.3 Å². The van der Waals surface area contributed by atoms with Gasteiger partial charge < -0.3 is 13.8 Å². The molecule has 3 aromatic carbocycles. The van der Waals surface area contributed by atoms with Crippen LogP contribution in [0.1, 0.15) is 29.8 Å². The smallest absolute Gasteiger partial charge is 0.341 e. The highest BCUT2D eigenvalue weighted by molar-refractivity contribution is 8.00. The number of esters is 1. The van der Waals surface area contributed by atoms with E-state index in [0.717, 1.165) is 22.7 Å². The molecule has 0 N–H and O–H groups in total. The molecule has 0 aliphatic rings. The summed E-state index contributed by atoms with van der Waals surface area (Å²) in [5.74, 6) is 0.119. The molecule has 0 atom stereocenters. The Kier molecular flexibility index (Phi) is 7.95. The molecular weight excluding hydrogens is 413 g/mol. The van der Waals surface area contributed by atoms with Crippen molar-refractivity contribution in [2.45, 2.75) is 25.3 Å². The van der Waals surface area contributed by atoms with Crippen LogP contribution in [-0.4, -0.2) is 19.6 Å². The molecule has 0 saturated carbocycles. The van der Waals surface area contributed by atoms with Gasteiger partial charge in [-0.3, -0.25) is 0 Å². The van der Waals surface area contributed by atoms with Crippen molar-refractivity contribution < 1.29 is 18.7 Å². The Hall–Kier alpha value is -2.99. The van der Waals surface area contributed by atoms with Crippen molar-refractivity contribution in [1.82, 2.24) is 0 Å². The number of benzene rings is 3. The zero-order valence-electron chi connectivity index (χ0n) is 17.9. The Bertz CT molecular complexity index is 993. The standard InChI is InChI=1S/C25H26FNO3S/c1-18(2)16-27(31-22-12-9-20(26)10-13-22)21-11-14-24(23(15-21)25(28)29-3)30-17-19-7-5-4-6-8-19/h4-15,18H,16-17H2,1-3H3. The number of methoxy groups -OCH3 is 1. The molecule has 0 unspecified atom stereocenters. The number of hydrogen-bond donors (Lipinski definition) is 0. The maximum Gasteiger partial charge on any atom is 0.341 e. The van der Waals surface area contributed by atoms with Crippen LogP contribution in [0.5, 0.6) is 5.75 Å². The van der Waals surface area contributed by atoms with Gasteiger partial charge in [0.25, 0.3) is 0 Å². The molecule has 0 bridgehead atoms. The fourth-order valence-corrected chi connectivity index (χ4v) is 4.06. The summed E-state index contributed by atoms with van der Waals surface area (Å²) in [5.41, 5.74) is 2.22. The van der Waals surface area contributed by atoms with Crippen molar-refractivity contribution in [3.8, 4) is 5.75 Å². The van der Waals surface area contributed by atoms with E-state index >= 15 is 0 Å². The van der Waals surface area contributed by atoms with Crippen LogP contribution in [0.25, 0.3) is 0 Å². The minimum atomic E-state index is -0.457. The van der Waals surface area contributed by atoms with Gasteiger partial charge in [0, 0.05) is 17.1 Å². The lowest BCUT2D eigenvalue weighted by Crippen LogP contribution is -2.20. The molecule has 0 amide bonds. The summed E-state index contributed by atoms with van der Waals surface area (Å²) in [6.07, 6.45) is 0. The van der Waals surface area contributed by atoms with Crippen LogP contribution in [0, 0.1) is 11.7 Å². The second-order valence-corrected chi connectivity index (χ2v) is 8.54. The van der Waals surface area contributed by atoms with E-state index in [1.807, 2.05) is 36.4 Å². The molecule has 0 aliphatic carbocycles. The Labute approximate surface area is 187 Å². The summed E-state index contributed by atoms with van der Waals surface area (Å²) in [6.45, 7) is 5.34. The first kappa shape index (κ1) is 22.7. The summed E-state index contributed by atoms with van der Waals surface area (Å²) < 4.78 is 26.3. The van der Waals surface area contributed by atoms with Crippen molar-refractivity contribution in [2.24, 2.45) is 5.92 Å². The van der Waals surface area contributed by atoms with Crippen LogP contribution in [0.4, 0.5) is 10.1 Å². The highest BCUT2D eigenvalue weighted by atomic mass is 32.2. The number of nitrogens with zero attached hydrogens (tertiary/aromatic N) is 1. The molecule has 3 aromatic rings. The van der Waals surface area contributed by atoms with Gasteiger partial charge in [-0.25, -0.2) is 9.18 Å². The third kappa shape index (κ3) is 6.49. The van der Waals surface area contributed by atoms with Gasteiger partial charge in [-0.1, -0.05) is 44.2 Å². The lowest BCUT2D eigenvalue weighted by atomic mass is 10.1. The minimum absolute atomic E-state index is 0.271. The topological polar surface area (TPSA) is 38.8 Å². The third-order valence-corrected chi connectivity index (χ3v) is 5.52. The van der Waals surface area contributed by atoms with E-state index in [4.69, 9.17) is 9.47 Å². The van der Waals surface area contributed by atoms with Gasteiger partial charge >= 0.3 is 5.97 Å². The van der Waals surface area contributed by atoms with E-state index in [0.29, 0.717) is 23.8 Å². The molecule has 0 radical (unpaired) electrons. The van der Waals surface area contributed by atoms with Gasteiger partial charge in [-0.2, -0.15) is 0 Å². The number of hydrogen-bond acceptors (Lipinski definition) is 5. The average molecular weight is 440 g/mol. The van der Waals surface area contributed by atoms with Crippen LogP contribution >= 0.6 is 11.9 Å². The zero-order valence-corrected chi connectivity index (χ0v) is 18.7. The summed E-state index contributed by atoms with van der Waals surface area (Å²) in [7, 11) is 1.36. The van der Waals surface area contributed by atoms with Crippen molar-refractivity contribution in [3.05, 3.63) is 89.7 Å². The number of carbonyl (C=O) groups excluding carboxylic acids is 1. The largest absolute Gasteiger partial charge is 0.488 e. The van der Waals surface area contributed by atoms with E-state index in [9.17, 15) is 9.18 Å². The van der Waals surface area contributed by atoms with Gasteiger partial charge in [-0.15, -0.1) is 0 Å². The highest BCUT2D eigenvalue weighted by Gasteiger charge is 2.18. The van der Waals surface area contributed by atoms with Crippen molar-refractivity contribution in [3.63, 3.8) is 0 Å². The SMILES string of the molecule is COC(=O)c1cc(N(CC(C)C)Sc2ccc(F)cc2)ccc1OCc1ccccc1. The van der Waals surface area contributed by atoms with Crippen molar-refractivity contribution >= 4 is 23.6 Å². The second kappa shape index (κ2) is 10.9. The summed E-state index contributed by atoms with van der Waals surface area (Å²) in [4.78, 5) is 13.4. The van der Waals surface area contributed by atoms with Gasteiger partial charge in [0.05, 0.1) is 7.11 Å². The number of halogens is 1. The first-order valence-electron chi connectivity index (χ1n) is 10.1. The number of ether oxygens (including phenoxy) is 2. The Morgan fingerprint density at radius 1 is 1.03 bits per heavy atom. The average Bonchev–Trinajstić information content (AvgIpc) is 2.78. The predicted molar refractivity (Wildman–Crippen MR) is 123 cm³/mol. The zero-order chi connectivity index (χ0) is 22.2. The molecule has 0 aromatic heterocycles. The van der Waals surface area contributed by atoms with Crippen LogP contribution < -0.4 is 9.04 Å². The molecule has 4 nitrogen and oxygen atoms in total.